The van der Waals surface area contributed by atoms with Crippen molar-refractivity contribution in [2.24, 2.45) is 0 Å². The van der Waals surface area contributed by atoms with Crippen molar-refractivity contribution in [2.45, 2.75) is 25.5 Å². The summed E-state index contributed by atoms with van der Waals surface area (Å²) in [7, 11) is -4.13. The molecule has 0 atom stereocenters. The van der Waals surface area contributed by atoms with Crippen LogP contribution in [0.15, 0.2) is 30.3 Å². The molecule has 4 nitrogen and oxygen atoms in total. The highest BCUT2D eigenvalue weighted by atomic mass is 32.2. The Morgan fingerprint density at radius 3 is 2.11 bits per heavy atom. The molecule has 102 valence electrons. The Morgan fingerprint density at radius 1 is 1.17 bits per heavy atom. The summed E-state index contributed by atoms with van der Waals surface area (Å²) in [6, 6.07) is 8.37. The second-order valence-corrected chi connectivity index (χ2v) is 5.90. The first-order chi connectivity index (χ1) is 8.51. The quantitative estimate of drug-likeness (QED) is 0.810. The van der Waals surface area contributed by atoms with E-state index in [0.717, 1.165) is 0 Å². The summed E-state index contributed by atoms with van der Waals surface area (Å²) in [5.41, 5.74) is 0.530. The first-order valence-electron chi connectivity index (χ1n) is 6.32. The predicted molar refractivity (Wildman–Crippen MR) is 70.3 cm³/mol. The average Bonchev–Trinajstić information content (AvgIpc) is 2.81. The van der Waals surface area contributed by atoms with Crippen LogP contribution in [-0.4, -0.2) is 32.6 Å². The van der Waals surface area contributed by atoms with Gasteiger partial charge in [0.1, 0.15) is 0 Å². The van der Waals surface area contributed by atoms with Crippen LogP contribution in [-0.2, 0) is 15.9 Å². The van der Waals surface area contributed by atoms with Gasteiger partial charge in [-0.25, -0.2) is 8.42 Å². The van der Waals surface area contributed by atoms with Gasteiger partial charge in [0.2, 0.25) is 0 Å². The van der Waals surface area contributed by atoms with Crippen molar-refractivity contribution in [3.63, 3.8) is 0 Å². The number of hydrogen-bond acceptors (Lipinski definition) is 3. The molecule has 0 unspecified atom stereocenters. The molecule has 18 heavy (non-hydrogen) atoms. The summed E-state index contributed by atoms with van der Waals surface area (Å²) < 4.78 is 30.7. The van der Waals surface area contributed by atoms with Gasteiger partial charge in [-0.2, -0.15) is 0 Å². The third kappa shape index (κ3) is 6.74. The zero-order valence-electron chi connectivity index (χ0n) is 10.8. The molecular formula is C13H21NO3S. The maximum absolute atomic E-state index is 10.2. The van der Waals surface area contributed by atoms with Crippen molar-refractivity contribution in [1.82, 2.24) is 0 Å². The van der Waals surface area contributed by atoms with E-state index >= 15 is 0 Å². The Bertz CT molecular complexity index is 425. The molecule has 1 aromatic carbocycles. The zero-order valence-corrected chi connectivity index (χ0v) is 11.6. The van der Waals surface area contributed by atoms with Crippen LogP contribution in [0.1, 0.15) is 25.3 Å². The van der Waals surface area contributed by atoms with E-state index in [0.29, 0.717) is 5.56 Å². The molecule has 0 saturated carbocycles. The van der Waals surface area contributed by atoms with Gasteiger partial charge >= 0.3 is 0 Å². The van der Waals surface area contributed by atoms with Crippen LogP contribution in [0.3, 0.4) is 0 Å². The molecule has 1 aromatic rings. The second kappa shape index (κ2) is 7.51. The normalized spacial score (nSPS) is 16.1. The molecule has 1 aliphatic heterocycles. The third-order valence-electron chi connectivity index (χ3n) is 3.00. The minimum Gasteiger partial charge on any atom is -0.748 e. The summed E-state index contributed by atoms with van der Waals surface area (Å²) in [4.78, 5) is 1.79. The lowest BCUT2D eigenvalue weighted by atomic mass is 10.2. The standard InChI is InChI=1S/C7H8O3S.C6H13N/c8-11(9,10)6-7-4-2-1-3-5-7;1-2-7-5-3-4-6-7/h1-5H,6H2,(H,8,9,10);2-6H2,1H3. The Hall–Kier alpha value is -0.910. The topological polar surface area (TPSA) is 61.6 Å². The van der Waals surface area contributed by atoms with E-state index in [4.69, 9.17) is 0 Å². The van der Waals surface area contributed by atoms with Gasteiger partial charge in [0.15, 0.2) is 0 Å². The number of rotatable bonds is 3. The summed E-state index contributed by atoms with van der Waals surface area (Å²) in [5, 5.41) is 0. The largest absolute Gasteiger partial charge is 0.748 e. The fourth-order valence-corrected chi connectivity index (χ4v) is 2.61. The van der Waals surface area contributed by atoms with Crippen molar-refractivity contribution in [1.29, 1.82) is 0 Å². The van der Waals surface area contributed by atoms with Gasteiger partial charge in [0.25, 0.3) is 0 Å². The highest BCUT2D eigenvalue weighted by Crippen LogP contribution is 2.02. The Balaban J connectivity index is 0.000000199. The molecule has 0 aliphatic carbocycles. The average molecular weight is 271 g/mol. The van der Waals surface area contributed by atoms with E-state index in [1.165, 1.54) is 32.5 Å². The summed E-state index contributed by atoms with van der Waals surface area (Å²) in [5.74, 6) is -0.423. The Kier molecular flexibility index (Phi) is 6.32. The molecule has 1 heterocycles. The molecule has 0 bridgehead atoms. The van der Waals surface area contributed by atoms with Crippen LogP contribution in [0, 0.1) is 0 Å². The molecule has 0 spiro atoms. The van der Waals surface area contributed by atoms with Gasteiger partial charge in [0.05, 0.1) is 35.5 Å². The van der Waals surface area contributed by atoms with E-state index in [-0.39, 0.29) is 0 Å². The lowest BCUT2D eigenvalue weighted by Crippen LogP contribution is -3.09. The fourth-order valence-electron chi connectivity index (χ4n) is 2.01. The van der Waals surface area contributed by atoms with Crippen molar-refractivity contribution < 1.29 is 17.9 Å². The molecule has 1 aliphatic rings. The number of hydrogen-bond donors (Lipinski definition) is 1. The van der Waals surface area contributed by atoms with Crippen molar-refractivity contribution >= 4 is 10.1 Å². The summed E-state index contributed by atoms with van der Waals surface area (Å²) in [6.07, 6.45) is 2.92. The van der Waals surface area contributed by atoms with Gasteiger partial charge in [-0.15, -0.1) is 0 Å². The van der Waals surface area contributed by atoms with Gasteiger partial charge < -0.3 is 9.45 Å². The molecule has 0 amide bonds. The van der Waals surface area contributed by atoms with Gasteiger partial charge in [-0.3, -0.25) is 0 Å². The second-order valence-electron chi connectivity index (χ2n) is 4.50. The Morgan fingerprint density at radius 2 is 1.72 bits per heavy atom. The minimum atomic E-state index is -4.13. The first kappa shape index (κ1) is 15.1. The number of nitrogens with one attached hydrogen (secondary N) is 1. The zero-order chi connectivity index (χ0) is 13.4. The Labute approximate surface area is 109 Å². The molecule has 0 aromatic heterocycles. The summed E-state index contributed by atoms with van der Waals surface area (Å²) >= 11 is 0. The highest BCUT2D eigenvalue weighted by molar-refractivity contribution is 7.84. The number of quaternary nitrogens is 1. The van der Waals surface area contributed by atoms with Crippen LogP contribution in [0.5, 0.6) is 0 Å². The maximum Gasteiger partial charge on any atom is 0.0988 e. The van der Waals surface area contributed by atoms with Crippen LogP contribution in [0.25, 0.3) is 0 Å². The smallest absolute Gasteiger partial charge is 0.0988 e. The van der Waals surface area contributed by atoms with Crippen molar-refractivity contribution in [3.05, 3.63) is 35.9 Å². The van der Waals surface area contributed by atoms with E-state index in [9.17, 15) is 13.0 Å². The van der Waals surface area contributed by atoms with Crippen LogP contribution in [0.2, 0.25) is 0 Å². The van der Waals surface area contributed by atoms with Crippen LogP contribution < -0.4 is 4.90 Å². The summed E-state index contributed by atoms with van der Waals surface area (Å²) in [6.45, 7) is 6.45. The lowest BCUT2D eigenvalue weighted by Gasteiger charge is -2.05. The van der Waals surface area contributed by atoms with Crippen molar-refractivity contribution in [2.75, 3.05) is 19.6 Å². The molecule has 1 N–H and O–H groups in total. The minimum absolute atomic E-state index is 0.423. The number of benzene rings is 1. The SMILES string of the molecule is CC[NH+]1CCCC1.O=S(=O)([O-])Cc1ccccc1. The molecule has 5 heteroatoms. The predicted octanol–water partition coefficient (Wildman–Crippen LogP) is 0.417. The van der Waals surface area contributed by atoms with Crippen molar-refractivity contribution in [3.8, 4) is 0 Å². The van der Waals surface area contributed by atoms with E-state index in [1.54, 1.807) is 35.2 Å². The number of likely N-dealkylation sites (tertiary alicyclic amines) is 1. The fraction of sp³-hybridized carbons (Fsp3) is 0.538. The molecule has 2 rings (SSSR count). The molecule has 1 saturated heterocycles. The lowest BCUT2D eigenvalue weighted by molar-refractivity contribution is -0.885. The first-order valence-corrected chi connectivity index (χ1v) is 7.90. The van der Waals surface area contributed by atoms with Gasteiger partial charge in [-0.05, 0) is 12.5 Å². The van der Waals surface area contributed by atoms with E-state index in [2.05, 4.69) is 6.92 Å². The molecular weight excluding hydrogens is 250 g/mol. The van der Waals surface area contributed by atoms with Gasteiger partial charge in [0, 0.05) is 12.8 Å². The van der Waals surface area contributed by atoms with Crippen LogP contribution >= 0.6 is 0 Å². The third-order valence-corrected chi connectivity index (χ3v) is 3.68. The maximum atomic E-state index is 10.2. The van der Waals surface area contributed by atoms with Gasteiger partial charge in [-0.1, -0.05) is 30.3 Å². The highest BCUT2D eigenvalue weighted by Gasteiger charge is 2.11. The molecule has 1 fully saturated rings. The van der Waals surface area contributed by atoms with Crippen LogP contribution in [0.4, 0.5) is 0 Å². The molecule has 0 radical (unpaired) electrons. The monoisotopic (exact) mass is 271 g/mol. The van der Waals surface area contributed by atoms with E-state index < -0.39 is 15.9 Å². The van der Waals surface area contributed by atoms with E-state index in [1.807, 2.05) is 0 Å².